The maximum Gasteiger partial charge on any atom is 0.433 e. The number of furan rings is 1. The van der Waals surface area contributed by atoms with Crippen molar-refractivity contribution in [2.24, 2.45) is 5.10 Å². The Labute approximate surface area is 118 Å². The van der Waals surface area contributed by atoms with Gasteiger partial charge in [-0.05, 0) is 30.2 Å². The van der Waals surface area contributed by atoms with Crippen LogP contribution in [0.5, 0.6) is 5.75 Å². The van der Waals surface area contributed by atoms with Gasteiger partial charge in [0.05, 0.1) is 17.8 Å². The largest absolute Gasteiger partial charge is 0.508 e. The Morgan fingerprint density at radius 1 is 1.45 bits per heavy atom. The number of nitro groups is 1. The van der Waals surface area contributed by atoms with E-state index < -0.39 is 52.2 Å². The van der Waals surface area contributed by atoms with Crippen LogP contribution in [0.15, 0.2) is 45.8 Å². The smallest absolute Gasteiger partial charge is 0.433 e. The van der Waals surface area contributed by atoms with E-state index in [9.17, 15) is 20.0 Å². The van der Waals surface area contributed by atoms with Crippen molar-refractivity contribution in [3.05, 3.63) is 57.7 Å². The minimum Gasteiger partial charge on any atom is -0.508 e. The molecule has 1 aromatic carbocycles. The number of amides is 1. The van der Waals surface area contributed by atoms with Crippen molar-refractivity contribution in [2.45, 2.75) is 0 Å². The minimum atomic E-state index is -1.05. The number of aromatic hydroxyl groups is 1. The van der Waals surface area contributed by atoms with Gasteiger partial charge in [0.25, 0.3) is 5.91 Å². The first-order valence-corrected chi connectivity index (χ1v) is 5.11. The van der Waals surface area contributed by atoms with Crippen LogP contribution in [0.4, 0.5) is 5.88 Å². The van der Waals surface area contributed by atoms with E-state index in [1.54, 1.807) is 0 Å². The van der Waals surface area contributed by atoms with Crippen molar-refractivity contribution in [3.63, 3.8) is 0 Å². The zero-order valence-electron chi connectivity index (χ0n) is 13.7. The molecular formula is C12H9N3O5. The fourth-order valence-corrected chi connectivity index (χ4v) is 1.14. The zero-order valence-corrected chi connectivity index (χ0v) is 9.71. The van der Waals surface area contributed by atoms with Crippen LogP contribution in [0.3, 0.4) is 0 Å². The van der Waals surface area contributed by atoms with Crippen molar-refractivity contribution in [1.82, 2.24) is 5.43 Å². The standard InChI is InChI=1S/C12H9N3O5/c16-9-3-1-8(2-4-9)12(17)14-13-7-10-5-6-11(20-10)15(18)19/h1-7,16H,(H,14,17)/i1D,2D,3D,4D. The third-order valence-corrected chi connectivity index (χ3v) is 1.99. The monoisotopic (exact) mass is 279 g/mol. The predicted molar refractivity (Wildman–Crippen MR) is 68.5 cm³/mol. The Morgan fingerprint density at radius 2 is 2.15 bits per heavy atom. The molecule has 0 aliphatic heterocycles. The van der Waals surface area contributed by atoms with E-state index in [4.69, 9.17) is 9.90 Å². The number of benzene rings is 1. The average molecular weight is 279 g/mol. The molecule has 0 unspecified atom stereocenters. The fourth-order valence-electron chi connectivity index (χ4n) is 1.14. The molecule has 0 atom stereocenters. The van der Waals surface area contributed by atoms with E-state index in [-0.39, 0.29) is 5.76 Å². The van der Waals surface area contributed by atoms with Crippen LogP contribution in [0.25, 0.3) is 0 Å². The number of hydrazone groups is 1. The molecule has 0 saturated carbocycles. The topological polar surface area (TPSA) is 118 Å². The Bertz CT molecular complexity index is 836. The molecule has 2 rings (SSSR count). The zero-order chi connectivity index (χ0) is 18.0. The van der Waals surface area contributed by atoms with Gasteiger partial charge in [-0.25, -0.2) is 5.43 Å². The van der Waals surface area contributed by atoms with E-state index in [1.807, 2.05) is 5.43 Å². The summed E-state index contributed by atoms with van der Waals surface area (Å²) in [5.74, 6) is -2.45. The highest BCUT2D eigenvalue weighted by Gasteiger charge is 2.10. The Morgan fingerprint density at radius 3 is 2.75 bits per heavy atom. The quantitative estimate of drug-likeness (QED) is 0.501. The summed E-state index contributed by atoms with van der Waals surface area (Å²) >= 11 is 0. The van der Waals surface area contributed by atoms with Crippen LogP contribution in [0.2, 0.25) is 0 Å². The molecule has 8 heteroatoms. The normalized spacial score (nSPS) is 13.4. The van der Waals surface area contributed by atoms with Crippen molar-refractivity contribution < 1.29 is 24.7 Å². The summed E-state index contributed by atoms with van der Waals surface area (Å²) in [6, 6.07) is -0.640. The van der Waals surface area contributed by atoms with Crippen molar-refractivity contribution >= 4 is 18.0 Å². The summed E-state index contributed by atoms with van der Waals surface area (Å²) in [7, 11) is 0. The van der Waals surface area contributed by atoms with E-state index in [0.717, 1.165) is 12.3 Å². The lowest BCUT2D eigenvalue weighted by atomic mass is 10.2. The second kappa shape index (κ2) is 5.65. The first-order chi connectivity index (χ1) is 11.2. The predicted octanol–water partition coefficient (Wildman–Crippen LogP) is 1.66. The van der Waals surface area contributed by atoms with Gasteiger partial charge in [0.2, 0.25) is 0 Å². The highest BCUT2D eigenvalue weighted by molar-refractivity contribution is 5.94. The fraction of sp³-hybridized carbons (Fsp3) is 0. The van der Waals surface area contributed by atoms with E-state index in [0.29, 0.717) is 0 Å². The first-order valence-electron chi connectivity index (χ1n) is 7.11. The number of hydrogen-bond acceptors (Lipinski definition) is 6. The highest BCUT2D eigenvalue weighted by atomic mass is 16.6. The van der Waals surface area contributed by atoms with Crippen LogP contribution in [-0.4, -0.2) is 22.2 Å². The molecule has 0 radical (unpaired) electrons. The second-order valence-corrected chi connectivity index (χ2v) is 3.36. The van der Waals surface area contributed by atoms with Gasteiger partial charge in [0, 0.05) is 5.56 Å². The molecule has 2 aromatic rings. The number of rotatable bonds is 4. The van der Waals surface area contributed by atoms with Crippen LogP contribution < -0.4 is 5.43 Å². The molecule has 102 valence electrons. The van der Waals surface area contributed by atoms with Gasteiger partial charge < -0.3 is 9.52 Å². The molecule has 0 saturated heterocycles. The van der Waals surface area contributed by atoms with Crippen LogP contribution in [0, 0.1) is 10.1 Å². The number of carbonyl (C=O) groups excluding carboxylic acids is 1. The second-order valence-electron chi connectivity index (χ2n) is 3.36. The Balaban J connectivity index is 2.21. The number of carbonyl (C=O) groups is 1. The van der Waals surface area contributed by atoms with Gasteiger partial charge >= 0.3 is 5.88 Å². The SMILES string of the molecule is [2H]c1c([2H])c(C(=O)NN=Cc2ccc([N+](=O)[O-])o2)c([2H])c([2H])c1O. The van der Waals surface area contributed by atoms with Crippen LogP contribution >= 0.6 is 0 Å². The highest BCUT2D eigenvalue weighted by Crippen LogP contribution is 2.13. The van der Waals surface area contributed by atoms with Crippen LogP contribution in [0.1, 0.15) is 21.6 Å². The molecular weight excluding hydrogens is 266 g/mol. The lowest BCUT2D eigenvalue weighted by Gasteiger charge is -1.99. The molecule has 0 fully saturated rings. The molecule has 2 N–H and O–H groups in total. The van der Waals surface area contributed by atoms with E-state index in [1.165, 1.54) is 6.07 Å². The summed E-state index contributed by atoms with van der Waals surface area (Å²) in [6.07, 6.45) is 0.960. The van der Waals surface area contributed by atoms with E-state index in [2.05, 4.69) is 5.10 Å². The van der Waals surface area contributed by atoms with Crippen molar-refractivity contribution in [2.75, 3.05) is 0 Å². The maximum atomic E-state index is 12.0. The lowest BCUT2D eigenvalue weighted by molar-refractivity contribution is -0.402. The molecule has 0 aliphatic carbocycles. The summed E-state index contributed by atoms with van der Waals surface area (Å²) in [5.41, 5.74) is 1.35. The average Bonchev–Trinajstić information content (AvgIpc) is 3.00. The summed E-state index contributed by atoms with van der Waals surface area (Å²) in [6.45, 7) is 0. The minimum absolute atomic E-state index is 0.0211. The van der Waals surface area contributed by atoms with Gasteiger partial charge in [-0.2, -0.15) is 5.10 Å². The van der Waals surface area contributed by atoms with Gasteiger partial charge in [-0.1, -0.05) is 0 Å². The molecule has 1 heterocycles. The molecule has 8 nitrogen and oxygen atoms in total. The van der Waals surface area contributed by atoms with Gasteiger partial charge in [-0.3, -0.25) is 14.9 Å². The maximum absolute atomic E-state index is 12.0. The number of phenolic OH excluding ortho intramolecular Hbond substituents is 1. The molecule has 0 bridgehead atoms. The number of nitrogens with one attached hydrogen (secondary N) is 1. The van der Waals surface area contributed by atoms with Gasteiger partial charge in [0.1, 0.15) is 10.7 Å². The summed E-state index contributed by atoms with van der Waals surface area (Å²) < 4.78 is 34.8. The lowest BCUT2D eigenvalue weighted by Crippen LogP contribution is -2.17. The molecule has 1 aromatic heterocycles. The molecule has 0 spiro atoms. The molecule has 1 amide bonds. The van der Waals surface area contributed by atoms with Crippen molar-refractivity contribution in [3.8, 4) is 5.75 Å². The number of phenols is 1. The summed E-state index contributed by atoms with van der Waals surface area (Å²) in [5, 5.41) is 23.3. The third-order valence-electron chi connectivity index (χ3n) is 1.99. The Hall–Kier alpha value is -3.16. The first kappa shape index (κ1) is 8.86. The van der Waals surface area contributed by atoms with Crippen molar-refractivity contribution in [1.29, 1.82) is 0 Å². The number of hydrogen-bond donors (Lipinski definition) is 2. The third kappa shape index (κ3) is 3.19. The molecule has 0 aliphatic rings. The summed E-state index contributed by atoms with van der Waals surface area (Å²) in [4.78, 5) is 21.6. The van der Waals surface area contributed by atoms with E-state index >= 15 is 0 Å². The number of nitrogens with zero attached hydrogens (tertiary/aromatic N) is 2. The van der Waals surface area contributed by atoms with Gasteiger partial charge in [0.15, 0.2) is 5.76 Å². The van der Waals surface area contributed by atoms with Gasteiger partial charge in [-0.15, -0.1) is 0 Å². The van der Waals surface area contributed by atoms with Crippen LogP contribution in [-0.2, 0) is 0 Å². The Kier molecular flexibility index (Phi) is 2.50. The molecule has 20 heavy (non-hydrogen) atoms.